The molecule has 1 N–H and O–H groups in total. The largest absolute Gasteiger partial charge is 0.494 e. The number of anilines is 1. The molecule has 3 heterocycles. The zero-order chi connectivity index (χ0) is 25.4. The molecule has 0 aliphatic heterocycles. The first-order valence-electron chi connectivity index (χ1n) is 11.1. The molecular weight excluding hydrogens is 471 g/mol. The van der Waals surface area contributed by atoms with Crippen molar-refractivity contribution in [2.24, 2.45) is 0 Å². The molecule has 4 aromatic rings. The second-order valence-electron chi connectivity index (χ2n) is 7.18. The molecule has 3 aromatic heterocycles. The fraction of sp³-hybridized carbons (Fsp3) is 0.333. The molecule has 11 heteroatoms. The van der Waals surface area contributed by atoms with Crippen LogP contribution in [0.2, 0.25) is 0 Å². The number of aryl methyl sites for hydroxylation is 1. The minimum Gasteiger partial charge on any atom is -0.494 e. The standard InChI is InChI=1S/C22H23FN6O3S.C2H6/c1-13(20-24-10-15(23)11-25-20)12-33-28-22-27-26-21(18-9-8-14(2)32-18)29(22)19-16(30-3)6-5-7-17(19)31-4;1-2/h5-11,13H,12H2,1-4H3,(H,27,28);1-2H3/t13-;/m1./s1. The van der Waals surface area contributed by atoms with Gasteiger partial charge in [-0.3, -0.25) is 9.29 Å². The Kier molecular flexibility index (Phi) is 9.07. The maximum absolute atomic E-state index is 13.1. The third-order valence-corrected chi connectivity index (χ3v) is 5.82. The minimum absolute atomic E-state index is 0.0209. The van der Waals surface area contributed by atoms with Crippen LogP contribution in [-0.2, 0) is 0 Å². The number of nitrogens with one attached hydrogen (secondary N) is 1. The molecule has 0 amide bonds. The van der Waals surface area contributed by atoms with Crippen molar-refractivity contribution < 1.29 is 18.3 Å². The van der Waals surface area contributed by atoms with E-state index in [0.29, 0.717) is 46.3 Å². The summed E-state index contributed by atoms with van der Waals surface area (Å²) in [6, 6.07) is 9.21. The monoisotopic (exact) mass is 500 g/mol. The van der Waals surface area contributed by atoms with Crippen LogP contribution in [0.1, 0.15) is 38.3 Å². The zero-order valence-corrected chi connectivity index (χ0v) is 21.4. The summed E-state index contributed by atoms with van der Waals surface area (Å²) in [7, 11) is 3.18. The normalized spacial score (nSPS) is 11.4. The molecule has 4 rings (SSSR count). The molecule has 0 radical (unpaired) electrons. The Labute approximate surface area is 208 Å². The van der Waals surface area contributed by atoms with Gasteiger partial charge in [-0.15, -0.1) is 10.2 Å². The molecule has 0 bridgehead atoms. The average Bonchev–Trinajstić information content (AvgIpc) is 3.50. The highest BCUT2D eigenvalue weighted by Crippen LogP contribution is 2.38. The number of ether oxygens (including phenoxy) is 2. The predicted molar refractivity (Wildman–Crippen MR) is 135 cm³/mol. The molecule has 0 aliphatic carbocycles. The molecule has 0 spiro atoms. The highest BCUT2D eigenvalue weighted by Gasteiger charge is 2.24. The molecule has 35 heavy (non-hydrogen) atoms. The molecule has 1 aromatic carbocycles. The van der Waals surface area contributed by atoms with Gasteiger partial charge in [-0.25, -0.2) is 14.4 Å². The van der Waals surface area contributed by atoms with Crippen LogP contribution in [-0.4, -0.2) is 44.7 Å². The molecule has 186 valence electrons. The van der Waals surface area contributed by atoms with Crippen LogP contribution in [0.15, 0.2) is 47.1 Å². The van der Waals surface area contributed by atoms with Crippen molar-refractivity contribution in [1.82, 2.24) is 24.7 Å². The quantitative estimate of drug-likeness (QED) is 0.291. The summed E-state index contributed by atoms with van der Waals surface area (Å²) in [4.78, 5) is 8.11. The maximum Gasteiger partial charge on any atom is 0.239 e. The second kappa shape index (κ2) is 12.2. The molecule has 0 saturated heterocycles. The Morgan fingerprint density at radius 2 is 1.71 bits per heavy atom. The van der Waals surface area contributed by atoms with Gasteiger partial charge in [0, 0.05) is 11.7 Å². The van der Waals surface area contributed by atoms with Gasteiger partial charge < -0.3 is 13.9 Å². The Hall–Kier alpha value is -3.60. The van der Waals surface area contributed by atoms with Gasteiger partial charge in [-0.05, 0) is 43.1 Å². The van der Waals surface area contributed by atoms with Crippen molar-refractivity contribution in [2.75, 3.05) is 24.7 Å². The lowest BCUT2D eigenvalue weighted by Gasteiger charge is -2.17. The number of rotatable bonds is 9. The van der Waals surface area contributed by atoms with E-state index in [4.69, 9.17) is 13.9 Å². The van der Waals surface area contributed by atoms with Crippen molar-refractivity contribution in [3.8, 4) is 28.8 Å². The topological polar surface area (TPSA) is 100 Å². The molecule has 9 nitrogen and oxygen atoms in total. The van der Waals surface area contributed by atoms with E-state index in [1.165, 1.54) is 24.3 Å². The van der Waals surface area contributed by atoms with Gasteiger partial charge in [0.1, 0.15) is 28.8 Å². The third kappa shape index (κ3) is 5.91. The van der Waals surface area contributed by atoms with Crippen molar-refractivity contribution in [2.45, 2.75) is 33.6 Å². The van der Waals surface area contributed by atoms with Crippen LogP contribution in [0.25, 0.3) is 17.3 Å². The summed E-state index contributed by atoms with van der Waals surface area (Å²) in [5.41, 5.74) is 0.634. The summed E-state index contributed by atoms with van der Waals surface area (Å²) in [5, 5.41) is 8.70. The van der Waals surface area contributed by atoms with Crippen LogP contribution in [0, 0.1) is 12.7 Å². The van der Waals surface area contributed by atoms with Crippen LogP contribution < -0.4 is 14.2 Å². The van der Waals surface area contributed by atoms with Crippen molar-refractivity contribution in [1.29, 1.82) is 0 Å². The fourth-order valence-electron chi connectivity index (χ4n) is 3.21. The van der Waals surface area contributed by atoms with Crippen LogP contribution in [0.4, 0.5) is 10.3 Å². The van der Waals surface area contributed by atoms with E-state index in [0.717, 1.165) is 5.76 Å². The van der Waals surface area contributed by atoms with E-state index < -0.39 is 5.82 Å². The molecule has 0 unspecified atom stereocenters. The zero-order valence-electron chi connectivity index (χ0n) is 20.6. The second-order valence-corrected chi connectivity index (χ2v) is 8.00. The van der Waals surface area contributed by atoms with Gasteiger partial charge in [0.25, 0.3) is 0 Å². The van der Waals surface area contributed by atoms with Crippen molar-refractivity contribution in [3.05, 3.63) is 60.1 Å². The summed E-state index contributed by atoms with van der Waals surface area (Å²) in [5.74, 6) is 4.11. The number of halogens is 1. The van der Waals surface area contributed by atoms with E-state index in [1.807, 2.05) is 58.0 Å². The SMILES string of the molecule is CC.COc1cccc(OC)c1-n1c(NSC[C@@H](C)c2ncc(F)cn2)nnc1-c1ccc(C)o1. The Morgan fingerprint density at radius 3 is 2.29 bits per heavy atom. The first kappa shape index (κ1) is 26.0. The van der Waals surface area contributed by atoms with Crippen molar-refractivity contribution >= 4 is 17.9 Å². The molecule has 0 aliphatic rings. The van der Waals surface area contributed by atoms with Gasteiger partial charge in [-0.1, -0.05) is 26.8 Å². The first-order valence-corrected chi connectivity index (χ1v) is 12.1. The number of aromatic nitrogens is 5. The summed E-state index contributed by atoms with van der Waals surface area (Å²) in [6.45, 7) is 7.83. The number of methoxy groups -OCH3 is 2. The number of hydrogen-bond acceptors (Lipinski definition) is 9. The van der Waals surface area contributed by atoms with Crippen LogP contribution >= 0.6 is 11.9 Å². The molecule has 1 atom stereocenters. The van der Waals surface area contributed by atoms with Gasteiger partial charge >= 0.3 is 0 Å². The van der Waals surface area contributed by atoms with Gasteiger partial charge in [0.15, 0.2) is 11.6 Å². The van der Waals surface area contributed by atoms with Gasteiger partial charge in [0.2, 0.25) is 11.8 Å². The average molecular weight is 501 g/mol. The molecular formula is C24H29FN6O3S. The lowest BCUT2D eigenvalue weighted by atomic mass is 10.2. The smallest absolute Gasteiger partial charge is 0.239 e. The number of nitrogens with zero attached hydrogens (tertiary/aromatic N) is 5. The Balaban J connectivity index is 0.00000167. The van der Waals surface area contributed by atoms with Crippen molar-refractivity contribution in [3.63, 3.8) is 0 Å². The lowest BCUT2D eigenvalue weighted by molar-refractivity contribution is 0.391. The molecule has 0 saturated carbocycles. The maximum atomic E-state index is 13.1. The number of benzene rings is 1. The minimum atomic E-state index is -0.462. The summed E-state index contributed by atoms with van der Waals surface area (Å²) in [6.07, 6.45) is 2.33. The Morgan fingerprint density at radius 1 is 1.06 bits per heavy atom. The highest BCUT2D eigenvalue weighted by atomic mass is 32.2. The van der Waals surface area contributed by atoms with Gasteiger partial charge in [-0.2, -0.15) is 0 Å². The first-order chi connectivity index (χ1) is 17.0. The fourth-order valence-corrected chi connectivity index (χ4v) is 3.95. The Bertz CT molecular complexity index is 1210. The van der Waals surface area contributed by atoms with Crippen LogP contribution in [0.3, 0.4) is 0 Å². The number of furan rings is 1. The molecule has 0 fully saturated rings. The summed E-state index contributed by atoms with van der Waals surface area (Å²) < 4.78 is 35.2. The predicted octanol–water partition coefficient (Wildman–Crippen LogP) is 5.67. The van der Waals surface area contributed by atoms with Gasteiger partial charge in [0.05, 0.1) is 26.6 Å². The van der Waals surface area contributed by atoms with Crippen LogP contribution in [0.5, 0.6) is 11.5 Å². The summed E-state index contributed by atoms with van der Waals surface area (Å²) >= 11 is 1.40. The van der Waals surface area contributed by atoms with E-state index in [9.17, 15) is 4.39 Å². The van der Waals surface area contributed by atoms with E-state index >= 15 is 0 Å². The van der Waals surface area contributed by atoms with E-state index in [1.54, 1.807) is 18.8 Å². The van der Waals surface area contributed by atoms with E-state index in [2.05, 4.69) is 24.9 Å². The lowest BCUT2D eigenvalue weighted by Crippen LogP contribution is -2.08. The number of para-hydroxylation sites is 1. The third-order valence-electron chi connectivity index (χ3n) is 4.83. The highest BCUT2D eigenvalue weighted by molar-refractivity contribution is 8.00. The number of hydrogen-bond donors (Lipinski definition) is 1. The van der Waals surface area contributed by atoms with E-state index in [-0.39, 0.29) is 5.92 Å².